The fraction of sp³-hybridized carbons (Fsp3) is 0.672. The molecule has 0 saturated carbocycles. The van der Waals surface area contributed by atoms with Crippen molar-refractivity contribution in [3.8, 4) is 5.75 Å². The van der Waals surface area contributed by atoms with Crippen LogP contribution in [0.1, 0.15) is 122 Å². The first-order valence-corrected chi connectivity index (χ1v) is 34.4. The monoisotopic (exact) mass is 1330 g/mol. The quantitative estimate of drug-likeness (QED) is 0.0465. The summed E-state index contributed by atoms with van der Waals surface area (Å²) in [7, 11) is 0. The summed E-state index contributed by atoms with van der Waals surface area (Å²) in [5, 5.41) is 52.3. The average Bonchev–Trinajstić information content (AvgIpc) is 1.96. The third-order valence-corrected chi connectivity index (χ3v) is 18.6. The van der Waals surface area contributed by atoms with Crippen LogP contribution < -0.4 is 58.9 Å². The molecule has 4 bridgehead atoms. The Labute approximate surface area is 541 Å². The molecule has 10 amide bonds. The van der Waals surface area contributed by atoms with Crippen LogP contribution in [0.25, 0.3) is 0 Å². The zero-order chi connectivity index (χ0) is 66.6. The molecule has 33 heteroatoms. The van der Waals surface area contributed by atoms with Crippen LogP contribution in [0.2, 0.25) is 0 Å². The van der Waals surface area contributed by atoms with Crippen LogP contribution in [-0.4, -0.2) is 219 Å². The number of rotatable bonds is 14. The van der Waals surface area contributed by atoms with Gasteiger partial charge in [-0.3, -0.25) is 62.9 Å². The molecule has 0 aromatic heterocycles. The summed E-state index contributed by atoms with van der Waals surface area (Å²) in [5.41, 5.74) is 14.6. The van der Waals surface area contributed by atoms with Gasteiger partial charge in [0.1, 0.15) is 72.9 Å². The molecule has 5 rings (SSSR count). The first kappa shape index (κ1) is 74.6. The molecular weight excluding hydrogens is 1240 g/mol. The Kier molecular flexibility index (Phi) is 31.7. The number of aliphatic hydroxyl groups is 1. The highest BCUT2D eigenvalue weighted by Gasteiger charge is 2.44. The van der Waals surface area contributed by atoms with Crippen LogP contribution in [-0.2, 0) is 69.1 Å². The number of guanidine groups is 1. The predicted octanol–water partition coefficient (Wildman–Crippen LogP) is -0.899. The van der Waals surface area contributed by atoms with Gasteiger partial charge in [-0.15, -0.1) is 0 Å². The van der Waals surface area contributed by atoms with E-state index in [1.54, 1.807) is 25.6 Å². The van der Waals surface area contributed by atoms with E-state index in [1.807, 2.05) is 18.2 Å². The van der Waals surface area contributed by atoms with Gasteiger partial charge in [0.05, 0.1) is 19.1 Å². The molecule has 0 aliphatic carbocycles. The van der Waals surface area contributed by atoms with E-state index in [1.165, 1.54) is 52.0 Å². The number of aliphatic imine (C=N–C) groups is 1. The molecule has 4 aliphatic rings. The van der Waals surface area contributed by atoms with Gasteiger partial charge >= 0.3 is 5.97 Å². The number of carbonyl (C=O) groups excluding carboxylic acids is 10. The zero-order valence-electron chi connectivity index (χ0n) is 51.9. The van der Waals surface area contributed by atoms with Crippen LogP contribution >= 0.6 is 35.3 Å². The van der Waals surface area contributed by atoms with E-state index in [2.05, 4.69) is 47.4 Å². The highest BCUT2D eigenvalue weighted by atomic mass is 32.2. The molecule has 91 heavy (non-hydrogen) atoms. The third-order valence-electron chi connectivity index (χ3n) is 15.8. The van der Waals surface area contributed by atoms with Crippen molar-refractivity contribution in [2.24, 2.45) is 27.5 Å². The maximum Gasteiger partial charge on any atom is 0.305 e. The second-order valence-corrected chi connectivity index (χ2v) is 25.8. The lowest BCUT2D eigenvalue weighted by Crippen LogP contribution is -2.62. The van der Waals surface area contributed by atoms with Gasteiger partial charge in [-0.05, 0) is 125 Å². The SMILES string of the molecule is CC[C@H](C)[C@@H]1NC(=O)[C@H](CC(=O)O)NC(=O)[C@H](CCSC)NC(=O)[C@@H]2CCCN2C(=O)[C@@H]2CSCc3cc(cc(c3)OCCCCCCO/N=C/C(=O)N[C@@H](CCCCN=C(N)NO)C(=O)N2)CSC[C@@H](C(N)=O)NC(=O)[C@H]([C@@H](C)O)NC(=O)[C@@H]2CCCN2C1=O. The van der Waals surface area contributed by atoms with Crippen molar-refractivity contribution in [3.05, 3.63) is 29.3 Å². The highest BCUT2D eigenvalue weighted by molar-refractivity contribution is 7.99. The first-order chi connectivity index (χ1) is 43.5. The van der Waals surface area contributed by atoms with Crippen molar-refractivity contribution in [2.45, 2.75) is 183 Å². The van der Waals surface area contributed by atoms with E-state index in [0.717, 1.165) is 30.2 Å². The molecule has 0 unspecified atom stereocenters. The maximum atomic E-state index is 15.1. The number of nitrogens with one attached hydrogen (secondary N) is 8. The molecule has 0 radical (unpaired) electrons. The molecule has 1 aromatic carbocycles. The number of hydroxylamine groups is 1. The van der Waals surface area contributed by atoms with Gasteiger partial charge in [0.2, 0.25) is 59.1 Å². The lowest BCUT2D eigenvalue weighted by molar-refractivity contribution is -0.145. The molecular formula is C58H90N14O16S3. The van der Waals surface area contributed by atoms with E-state index in [0.29, 0.717) is 63.1 Å². The number of hydrogen-bond donors (Lipinski definition) is 13. The third kappa shape index (κ3) is 24.1. The summed E-state index contributed by atoms with van der Waals surface area (Å²) in [5.74, 6) is -9.47. The molecule has 2 fully saturated rings. The van der Waals surface area contributed by atoms with Gasteiger partial charge in [0.25, 0.3) is 5.91 Å². The minimum atomic E-state index is -1.80. The summed E-state index contributed by atoms with van der Waals surface area (Å²) in [6.07, 6.45) is 4.92. The normalized spacial score (nSPS) is 26.9. The number of primary amides is 1. The van der Waals surface area contributed by atoms with Gasteiger partial charge in [-0.1, -0.05) is 31.5 Å². The summed E-state index contributed by atoms with van der Waals surface area (Å²) >= 11 is 3.84. The molecule has 4 aliphatic heterocycles. The number of carboxylic acid groups (broad SMARTS) is 1. The van der Waals surface area contributed by atoms with Gasteiger partial charge in [-0.2, -0.15) is 35.3 Å². The van der Waals surface area contributed by atoms with Gasteiger partial charge in [0.15, 0.2) is 0 Å². The molecule has 15 N–H and O–H groups in total. The van der Waals surface area contributed by atoms with E-state index in [-0.39, 0.29) is 80.9 Å². The number of carboxylic acids is 1. The number of nitrogens with zero attached hydrogens (tertiary/aromatic N) is 4. The molecule has 1 aromatic rings. The van der Waals surface area contributed by atoms with Gasteiger partial charge in [-0.25, -0.2) is 5.48 Å². The number of carbonyl (C=O) groups is 11. The molecule has 4 heterocycles. The molecule has 2 saturated heterocycles. The number of aliphatic hydroxyl groups excluding tert-OH is 1. The number of oxime groups is 1. The second kappa shape index (κ2) is 38.7. The Morgan fingerprint density at radius 1 is 0.725 bits per heavy atom. The Morgan fingerprint density at radius 3 is 1.95 bits per heavy atom. The van der Waals surface area contributed by atoms with Gasteiger partial charge in [0, 0.05) is 42.6 Å². The zero-order valence-corrected chi connectivity index (χ0v) is 54.4. The minimum absolute atomic E-state index is 0.0134. The van der Waals surface area contributed by atoms with Crippen molar-refractivity contribution >= 4 is 113 Å². The summed E-state index contributed by atoms with van der Waals surface area (Å²) in [6.45, 7) is 5.44. The van der Waals surface area contributed by atoms with E-state index in [4.69, 9.17) is 26.2 Å². The van der Waals surface area contributed by atoms with Crippen molar-refractivity contribution in [1.29, 1.82) is 0 Å². The number of aliphatic carboxylic acids is 1. The molecule has 506 valence electrons. The number of ether oxygens (including phenoxy) is 1. The smallest absolute Gasteiger partial charge is 0.305 e. The number of fused-ring (bicyclic) bond motifs is 7. The predicted molar refractivity (Wildman–Crippen MR) is 341 cm³/mol. The first-order valence-electron chi connectivity index (χ1n) is 30.7. The van der Waals surface area contributed by atoms with E-state index < -0.39 is 138 Å². The largest absolute Gasteiger partial charge is 0.494 e. The maximum absolute atomic E-state index is 15.1. The minimum Gasteiger partial charge on any atom is -0.494 e. The number of hydrogen-bond acceptors (Lipinski definition) is 20. The second-order valence-electron chi connectivity index (χ2n) is 22.8. The number of unbranched alkanes of at least 4 members (excludes halogenated alkanes) is 1. The Bertz CT molecular complexity index is 2750. The fourth-order valence-electron chi connectivity index (χ4n) is 10.6. The van der Waals surface area contributed by atoms with Crippen molar-refractivity contribution in [3.63, 3.8) is 0 Å². The van der Waals surface area contributed by atoms with Crippen LogP contribution in [0.3, 0.4) is 0 Å². The summed E-state index contributed by atoms with van der Waals surface area (Å²) < 4.78 is 6.27. The summed E-state index contributed by atoms with van der Waals surface area (Å²) in [4.78, 5) is 166. The lowest BCUT2D eigenvalue weighted by atomic mass is 9.96. The van der Waals surface area contributed by atoms with Crippen LogP contribution in [0, 0.1) is 5.92 Å². The number of thioether (sulfide) groups is 3. The van der Waals surface area contributed by atoms with Crippen molar-refractivity contribution in [1.82, 2.24) is 52.5 Å². The lowest BCUT2D eigenvalue weighted by Gasteiger charge is -2.33. The van der Waals surface area contributed by atoms with E-state index >= 15 is 4.79 Å². The van der Waals surface area contributed by atoms with Crippen LogP contribution in [0.4, 0.5) is 0 Å². The van der Waals surface area contributed by atoms with Crippen molar-refractivity contribution < 1.29 is 77.7 Å². The molecule has 30 nitrogen and oxygen atoms in total. The fourth-order valence-corrected chi connectivity index (χ4v) is 13.1. The Hall–Kier alpha value is -7.10. The number of amides is 10. The average molecular weight is 1340 g/mol. The number of nitrogens with two attached hydrogens (primary N) is 2. The van der Waals surface area contributed by atoms with E-state index in [9.17, 15) is 58.2 Å². The van der Waals surface area contributed by atoms with Crippen LogP contribution in [0.15, 0.2) is 28.3 Å². The Morgan fingerprint density at radius 2 is 1.32 bits per heavy atom. The molecule has 0 spiro atoms. The Balaban J connectivity index is 1.58. The summed E-state index contributed by atoms with van der Waals surface area (Å²) in [6, 6.07) is -6.89. The number of benzene rings is 1. The van der Waals surface area contributed by atoms with Crippen molar-refractivity contribution in [2.75, 3.05) is 56.4 Å². The standard InChI is InChI=1S/C58H90N14O16S3/c1-5-33(2)47-57(85)72-20-13-16-44(72)54(82)69-48(34(3)73)55(83)66-41(49(59)77)31-90-29-35-24-36-26-37(25-35)87-21-10-6-7-11-22-88-62-28-45(74)63-38(14-8-9-18-61-58(60)70-86)50(78)67-42(32-91-30-36)56(84)71-19-12-15-43(71)53(81)64-39(17-23-89-4)51(79)65-40(27-46(75)76)52(80)68-47/h24-26,28,33-34,38-44,47-48,73,86H,5-23,27,29-32H2,1-4H3,(H2,59,77)(H,63,74)(H,64,81)(H,65,79)(H,66,83)(H,67,78)(H,68,80)(H,69,82)(H,75,76)(H3,60,61,70)/b62-28+/t33-,34+,38-,39-,40-,41-,42-,43-,44-,47-,48-/m0/s1. The van der Waals surface area contributed by atoms with Gasteiger partial charge < -0.3 is 78.3 Å². The molecule has 11 atom stereocenters. The topological polar surface area (TPSA) is 446 Å². The van der Waals surface area contributed by atoms with Crippen LogP contribution in [0.5, 0.6) is 5.75 Å². The highest BCUT2D eigenvalue weighted by Crippen LogP contribution is 2.28.